The number of hydrogen-bond donors (Lipinski definition) is 1. The van der Waals surface area contributed by atoms with Gasteiger partial charge < -0.3 is 10.1 Å². The van der Waals surface area contributed by atoms with E-state index in [-0.39, 0.29) is 0 Å². The second-order valence-electron chi connectivity index (χ2n) is 5.77. The van der Waals surface area contributed by atoms with Crippen LogP contribution in [0.3, 0.4) is 0 Å². The van der Waals surface area contributed by atoms with Crippen LogP contribution in [-0.2, 0) is 6.54 Å². The number of pyridine rings is 1. The Kier molecular flexibility index (Phi) is 4.71. The molecule has 22 heavy (non-hydrogen) atoms. The van der Waals surface area contributed by atoms with Crippen LogP contribution in [0.1, 0.15) is 22.9 Å². The standard InChI is InChI=1S/C18H23N3O/c1-14-3-4-15(11-20-14)13-21-10-9-19-12-18(21)16-5-7-17(22-2)8-6-16/h3-8,11,18-19H,9-10,12-13H2,1-2H3/t18-/m0/s1. The van der Waals surface area contributed by atoms with Crippen molar-refractivity contribution in [3.8, 4) is 5.75 Å². The Labute approximate surface area is 132 Å². The van der Waals surface area contributed by atoms with E-state index in [1.165, 1.54) is 11.1 Å². The third kappa shape index (κ3) is 3.46. The van der Waals surface area contributed by atoms with Gasteiger partial charge in [0, 0.05) is 44.1 Å². The average Bonchev–Trinajstić information content (AvgIpc) is 2.58. The normalized spacial score (nSPS) is 19.1. The van der Waals surface area contributed by atoms with Crippen LogP contribution in [0, 0.1) is 6.92 Å². The molecule has 2 aromatic rings. The number of methoxy groups -OCH3 is 1. The van der Waals surface area contributed by atoms with Gasteiger partial charge in [-0.25, -0.2) is 0 Å². The minimum absolute atomic E-state index is 0.390. The topological polar surface area (TPSA) is 37.4 Å². The van der Waals surface area contributed by atoms with Gasteiger partial charge in [-0.15, -0.1) is 0 Å². The van der Waals surface area contributed by atoms with Crippen molar-refractivity contribution in [2.75, 3.05) is 26.7 Å². The molecule has 4 heteroatoms. The van der Waals surface area contributed by atoms with Gasteiger partial charge in [-0.1, -0.05) is 18.2 Å². The number of hydrogen-bond acceptors (Lipinski definition) is 4. The van der Waals surface area contributed by atoms with Crippen molar-refractivity contribution in [1.82, 2.24) is 15.2 Å². The molecule has 1 aromatic carbocycles. The van der Waals surface area contributed by atoms with E-state index >= 15 is 0 Å². The summed E-state index contributed by atoms with van der Waals surface area (Å²) in [5.74, 6) is 0.904. The van der Waals surface area contributed by atoms with Crippen LogP contribution in [0.2, 0.25) is 0 Å². The van der Waals surface area contributed by atoms with Crippen molar-refractivity contribution in [2.45, 2.75) is 19.5 Å². The first-order valence-electron chi connectivity index (χ1n) is 7.76. The molecule has 1 aromatic heterocycles. The number of nitrogens with one attached hydrogen (secondary N) is 1. The maximum atomic E-state index is 5.25. The number of rotatable bonds is 4. The van der Waals surface area contributed by atoms with Crippen LogP contribution in [0.15, 0.2) is 42.6 Å². The maximum Gasteiger partial charge on any atom is 0.118 e. The third-order valence-electron chi connectivity index (χ3n) is 4.21. The van der Waals surface area contributed by atoms with Gasteiger partial charge in [-0.2, -0.15) is 0 Å². The summed E-state index contributed by atoms with van der Waals surface area (Å²) in [6.45, 7) is 6.02. The minimum Gasteiger partial charge on any atom is -0.497 e. The summed E-state index contributed by atoms with van der Waals surface area (Å²) < 4.78 is 5.25. The average molecular weight is 297 g/mol. The van der Waals surface area contributed by atoms with Crippen molar-refractivity contribution < 1.29 is 4.74 Å². The number of ether oxygens (including phenoxy) is 1. The Balaban J connectivity index is 1.76. The molecule has 3 rings (SSSR count). The predicted octanol–water partition coefficient (Wildman–Crippen LogP) is 2.55. The monoisotopic (exact) mass is 297 g/mol. The molecule has 0 amide bonds. The summed E-state index contributed by atoms with van der Waals surface area (Å²) in [5, 5.41) is 3.50. The van der Waals surface area contributed by atoms with Crippen LogP contribution < -0.4 is 10.1 Å². The highest BCUT2D eigenvalue weighted by Gasteiger charge is 2.23. The van der Waals surface area contributed by atoms with Crippen molar-refractivity contribution in [1.29, 1.82) is 0 Å². The molecule has 1 saturated heterocycles. The fourth-order valence-corrected chi connectivity index (χ4v) is 2.92. The van der Waals surface area contributed by atoms with Gasteiger partial charge in [-0.05, 0) is 36.2 Å². The van der Waals surface area contributed by atoms with Gasteiger partial charge in [-0.3, -0.25) is 9.88 Å². The van der Waals surface area contributed by atoms with E-state index < -0.39 is 0 Å². The maximum absolute atomic E-state index is 5.25. The Hall–Kier alpha value is -1.91. The van der Waals surface area contributed by atoms with Crippen molar-refractivity contribution in [3.63, 3.8) is 0 Å². The SMILES string of the molecule is COc1ccc([C@@H]2CNCCN2Cc2ccc(C)nc2)cc1. The lowest BCUT2D eigenvalue weighted by molar-refractivity contribution is 0.153. The zero-order valence-electron chi connectivity index (χ0n) is 13.2. The van der Waals surface area contributed by atoms with Crippen molar-refractivity contribution >= 4 is 0 Å². The van der Waals surface area contributed by atoms with Gasteiger partial charge in [0.1, 0.15) is 5.75 Å². The molecule has 0 spiro atoms. The molecule has 1 fully saturated rings. The summed E-state index contributed by atoms with van der Waals surface area (Å²) in [7, 11) is 1.70. The molecule has 1 N–H and O–H groups in total. The lowest BCUT2D eigenvalue weighted by Gasteiger charge is -2.36. The van der Waals surface area contributed by atoms with E-state index in [4.69, 9.17) is 4.74 Å². The van der Waals surface area contributed by atoms with E-state index in [0.29, 0.717) is 6.04 Å². The fourth-order valence-electron chi connectivity index (χ4n) is 2.92. The molecular weight excluding hydrogens is 274 g/mol. The molecule has 116 valence electrons. The van der Waals surface area contributed by atoms with E-state index in [1.54, 1.807) is 7.11 Å². The number of aromatic nitrogens is 1. The van der Waals surface area contributed by atoms with Crippen molar-refractivity contribution in [3.05, 3.63) is 59.4 Å². The summed E-state index contributed by atoms with van der Waals surface area (Å²) in [6, 6.07) is 13.1. The largest absolute Gasteiger partial charge is 0.497 e. The second-order valence-corrected chi connectivity index (χ2v) is 5.77. The first-order valence-corrected chi connectivity index (χ1v) is 7.76. The van der Waals surface area contributed by atoms with Crippen LogP contribution in [0.4, 0.5) is 0 Å². The molecule has 0 bridgehead atoms. The highest BCUT2D eigenvalue weighted by molar-refractivity contribution is 5.30. The third-order valence-corrected chi connectivity index (χ3v) is 4.21. The molecule has 1 aliphatic rings. The number of aryl methyl sites for hydroxylation is 1. The van der Waals surface area contributed by atoms with Gasteiger partial charge in [0.15, 0.2) is 0 Å². The zero-order chi connectivity index (χ0) is 15.4. The van der Waals surface area contributed by atoms with E-state index in [9.17, 15) is 0 Å². The first-order chi connectivity index (χ1) is 10.8. The quantitative estimate of drug-likeness (QED) is 0.941. The molecular formula is C18H23N3O. The lowest BCUT2D eigenvalue weighted by Crippen LogP contribution is -2.45. The zero-order valence-corrected chi connectivity index (χ0v) is 13.2. The Morgan fingerprint density at radius 1 is 1.23 bits per heavy atom. The molecule has 0 radical (unpaired) electrons. The van der Waals surface area contributed by atoms with E-state index in [1.807, 2.05) is 25.3 Å². The van der Waals surface area contributed by atoms with Gasteiger partial charge >= 0.3 is 0 Å². The van der Waals surface area contributed by atoms with Crippen LogP contribution in [0.5, 0.6) is 5.75 Å². The van der Waals surface area contributed by atoms with Crippen molar-refractivity contribution in [2.24, 2.45) is 0 Å². The van der Waals surface area contributed by atoms with Gasteiger partial charge in [0.05, 0.1) is 7.11 Å². The highest BCUT2D eigenvalue weighted by Crippen LogP contribution is 2.25. The highest BCUT2D eigenvalue weighted by atomic mass is 16.5. The number of nitrogens with zero attached hydrogens (tertiary/aromatic N) is 2. The number of piperazine rings is 1. The van der Waals surface area contributed by atoms with Gasteiger partial charge in [0.2, 0.25) is 0 Å². The smallest absolute Gasteiger partial charge is 0.118 e. The lowest BCUT2D eigenvalue weighted by atomic mass is 10.0. The van der Waals surface area contributed by atoms with Crippen LogP contribution in [-0.4, -0.2) is 36.6 Å². The molecule has 0 saturated carbocycles. The minimum atomic E-state index is 0.390. The summed E-state index contributed by atoms with van der Waals surface area (Å²) in [4.78, 5) is 6.92. The molecule has 2 heterocycles. The second kappa shape index (κ2) is 6.90. The summed E-state index contributed by atoms with van der Waals surface area (Å²) in [5.41, 5.74) is 3.66. The Bertz CT molecular complexity index is 595. The van der Waals surface area contributed by atoms with E-state index in [2.05, 4.69) is 39.5 Å². The summed E-state index contributed by atoms with van der Waals surface area (Å²) >= 11 is 0. The van der Waals surface area contributed by atoms with Crippen LogP contribution >= 0.6 is 0 Å². The molecule has 0 unspecified atom stereocenters. The summed E-state index contributed by atoms with van der Waals surface area (Å²) in [6.07, 6.45) is 1.99. The molecule has 0 aliphatic carbocycles. The van der Waals surface area contributed by atoms with E-state index in [0.717, 1.165) is 37.6 Å². The molecule has 1 atom stereocenters. The number of benzene rings is 1. The predicted molar refractivity (Wildman–Crippen MR) is 88.0 cm³/mol. The van der Waals surface area contributed by atoms with Crippen LogP contribution in [0.25, 0.3) is 0 Å². The molecule has 4 nitrogen and oxygen atoms in total. The Morgan fingerprint density at radius 2 is 2.05 bits per heavy atom. The Morgan fingerprint density at radius 3 is 2.73 bits per heavy atom. The fraction of sp³-hybridized carbons (Fsp3) is 0.389. The molecule has 1 aliphatic heterocycles. The van der Waals surface area contributed by atoms with Gasteiger partial charge in [0.25, 0.3) is 0 Å². The first kappa shape index (κ1) is 15.0.